The fourth-order valence-corrected chi connectivity index (χ4v) is 3.94. The zero-order valence-corrected chi connectivity index (χ0v) is 19.9. The van der Waals surface area contributed by atoms with E-state index in [-0.39, 0.29) is 0 Å². The van der Waals surface area contributed by atoms with Crippen LogP contribution in [0.1, 0.15) is 91.0 Å². The summed E-state index contributed by atoms with van der Waals surface area (Å²) in [5, 5.41) is 4.42. The summed E-state index contributed by atoms with van der Waals surface area (Å²) >= 11 is 1.79. The monoisotopic (exact) mass is 408 g/mol. The zero-order valence-electron chi connectivity index (χ0n) is 19.1. The third-order valence-electron chi connectivity index (χ3n) is 5.26. The lowest BCUT2D eigenvalue weighted by Crippen LogP contribution is -1.83. The lowest BCUT2D eigenvalue weighted by atomic mass is 10.0. The number of aryl methyl sites for hydroxylation is 1. The van der Waals surface area contributed by atoms with E-state index in [9.17, 15) is 0 Å². The van der Waals surface area contributed by atoms with Gasteiger partial charge in [0.1, 0.15) is 0 Å². The Labute approximate surface area is 184 Å². The number of thiophene rings is 1. The Morgan fingerprint density at radius 3 is 1.72 bits per heavy atom. The van der Waals surface area contributed by atoms with Crippen LogP contribution in [0, 0.1) is 12.3 Å². The Morgan fingerprint density at radius 2 is 1.28 bits per heavy atom. The van der Waals surface area contributed by atoms with Gasteiger partial charge in [-0.2, -0.15) is 11.3 Å². The van der Waals surface area contributed by atoms with Crippen molar-refractivity contribution < 1.29 is 0 Å². The van der Waals surface area contributed by atoms with E-state index in [1.807, 2.05) is 0 Å². The van der Waals surface area contributed by atoms with Gasteiger partial charge in [0.05, 0.1) is 0 Å². The number of rotatable bonds is 14. The molecule has 0 atom stereocenters. The van der Waals surface area contributed by atoms with E-state index >= 15 is 0 Å². The first-order chi connectivity index (χ1) is 14.0. The minimum Gasteiger partial charge on any atom is -0.152 e. The van der Waals surface area contributed by atoms with Crippen molar-refractivity contribution in [2.45, 2.75) is 91.9 Å². The first-order valence-electron chi connectivity index (χ1n) is 11.1. The van der Waals surface area contributed by atoms with Crippen LogP contribution < -0.4 is 0 Å². The first kappa shape index (κ1) is 25.3. The van der Waals surface area contributed by atoms with E-state index in [0.717, 1.165) is 44.9 Å². The standard InChI is InChI=1S/C28H40S/c1-6-7-12-24(2)13-8-14-25(3)15-9-16-26(4)17-10-18-27(5)19-11-20-28-21-22-29-23-28/h1,13,15,17,19,21-23H,7-12,14,16,18,20H2,2-5H3/b24-13+,25-15+,26-17+,27-19+. The van der Waals surface area contributed by atoms with Gasteiger partial charge in [0.25, 0.3) is 0 Å². The van der Waals surface area contributed by atoms with E-state index in [1.54, 1.807) is 11.3 Å². The molecule has 1 heteroatoms. The summed E-state index contributed by atoms with van der Waals surface area (Å²) in [6.45, 7) is 8.99. The van der Waals surface area contributed by atoms with Crippen molar-refractivity contribution in [3.8, 4) is 12.3 Å². The molecule has 0 aliphatic heterocycles. The summed E-state index contributed by atoms with van der Waals surface area (Å²) in [7, 11) is 0. The highest BCUT2D eigenvalue weighted by Gasteiger charge is 1.95. The van der Waals surface area contributed by atoms with Gasteiger partial charge >= 0.3 is 0 Å². The fourth-order valence-electron chi connectivity index (χ4n) is 3.24. The van der Waals surface area contributed by atoms with Gasteiger partial charge < -0.3 is 0 Å². The molecule has 0 aliphatic rings. The summed E-state index contributed by atoms with van der Waals surface area (Å²) in [4.78, 5) is 0. The van der Waals surface area contributed by atoms with Crippen molar-refractivity contribution in [2.75, 3.05) is 0 Å². The Bertz CT molecular complexity index is 717. The highest BCUT2D eigenvalue weighted by molar-refractivity contribution is 7.07. The molecular weight excluding hydrogens is 368 g/mol. The molecule has 1 aromatic rings. The van der Waals surface area contributed by atoms with Crippen LogP contribution in [0.3, 0.4) is 0 Å². The maximum absolute atomic E-state index is 5.32. The van der Waals surface area contributed by atoms with Crippen LogP contribution in [0.15, 0.2) is 63.4 Å². The maximum Gasteiger partial charge on any atom is 0.0123 e. The van der Waals surface area contributed by atoms with Crippen LogP contribution in [-0.4, -0.2) is 0 Å². The lowest BCUT2D eigenvalue weighted by molar-refractivity contribution is 0.889. The van der Waals surface area contributed by atoms with Gasteiger partial charge in [-0.1, -0.05) is 46.6 Å². The molecule has 0 fully saturated rings. The molecule has 0 amide bonds. The van der Waals surface area contributed by atoms with Gasteiger partial charge in [-0.3, -0.25) is 0 Å². The van der Waals surface area contributed by atoms with Gasteiger partial charge in [0, 0.05) is 6.42 Å². The van der Waals surface area contributed by atoms with E-state index in [0.29, 0.717) is 0 Å². The molecule has 158 valence electrons. The van der Waals surface area contributed by atoms with Gasteiger partial charge in [-0.15, -0.1) is 12.3 Å². The Balaban J connectivity index is 2.19. The van der Waals surface area contributed by atoms with Crippen LogP contribution >= 0.6 is 11.3 Å². The smallest absolute Gasteiger partial charge is 0.0123 e. The van der Waals surface area contributed by atoms with Crippen LogP contribution in [0.5, 0.6) is 0 Å². The van der Waals surface area contributed by atoms with Crippen molar-refractivity contribution >= 4 is 11.3 Å². The first-order valence-corrected chi connectivity index (χ1v) is 12.0. The largest absolute Gasteiger partial charge is 0.152 e. The second-order valence-electron chi connectivity index (χ2n) is 8.19. The maximum atomic E-state index is 5.32. The summed E-state index contributed by atoms with van der Waals surface area (Å²) in [6.07, 6.45) is 26.1. The van der Waals surface area contributed by atoms with Gasteiger partial charge in [0.15, 0.2) is 0 Å². The molecule has 0 N–H and O–H groups in total. The molecule has 1 rings (SSSR count). The lowest BCUT2D eigenvalue weighted by Gasteiger charge is -2.03. The van der Waals surface area contributed by atoms with E-state index in [1.165, 1.54) is 47.1 Å². The van der Waals surface area contributed by atoms with Gasteiger partial charge in [-0.05, 0) is 108 Å². The summed E-state index contributed by atoms with van der Waals surface area (Å²) in [5.74, 6) is 2.71. The van der Waals surface area contributed by atoms with Crippen molar-refractivity contribution in [2.24, 2.45) is 0 Å². The molecule has 0 saturated carbocycles. The van der Waals surface area contributed by atoms with Crippen molar-refractivity contribution in [3.05, 3.63) is 69.0 Å². The van der Waals surface area contributed by atoms with Crippen LogP contribution in [-0.2, 0) is 6.42 Å². The SMILES string of the molecule is C#CCC/C(C)=C/CC/C(C)=C/CC/C(C)=C/CC/C(C)=C/CCc1ccsc1. The Morgan fingerprint density at radius 1 is 0.793 bits per heavy atom. The molecule has 29 heavy (non-hydrogen) atoms. The molecule has 0 aliphatic carbocycles. The number of terminal acetylenes is 1. The minimum absolute atomic E-state index is 0.854. The Hall–Kier alpha value is -1.78. The highest BCUT2D eigenvalue weighted by atomic mass is 32.1. The topological polar surface area (TPSA) is 0 Å². The average molecular weight is 409 g/mol. The predicted molar refractivity (Wildman–Crippen MR) is 133 cm³/mol. The molecule has 0 aromatic carbocycles. The quantitative estimate of drug-likeness (QED) is 0.212. The van der Waals surface area contributed by atoms with Gasteiger partial charge in [0.2, 0.25) is 0 Å². The molecule has 0 saturated heterocycles. The van der Waals surface area contributed by atoms with Crippen molar-refractivity contribution in [1.82, 2.24) is 0 Å². The molecular formula is C28H40S. The van der Waals surface area contributed by atoms with Crippen molar-refractivity contribution in [1.29, 1.82) is 0 Å². The minimum atomic E-state index is 0.854. The summed E-state index contributed by atoms with van der Waals surface area (Å²) < 4.78 is 0. The number of hydrogen-bond donors (Lipinski definition) is 0. The zero-order chi connectivity index (χ0) is 21.3. The van der Waals surface area contributed by atoms with Gasteiger partial charge in [-0.25, -0.2) is 0 Å². The van der Waals surface area contributed by atoms with E-state index in [4.69, 9.17) is 6.42 Å². The van der Waals surface area contributed by atoms with E-state index in [2.05, 4.69) is 74.7 Å². The third kappa shape index (κ3) is 13.9. The predicted octanol–water partition coefficient (Wildman–Crippen LogP) is 9.22. The summed E-state index contributed by atoms with van der Waals surface area (Å²) in [5.41, 5.74) is 7.43. The van der Waals surface area contributed by atoms with E-state index < -0.39 is 0 Å². The molecule has 1 heterocycles. The second kappa shape index (κ2) is 16.1. The highest BCUT2D eigenvalue weighted by Crippen LogP contribution is 2.15. The molecule has 0 bridgehead atoms. The Kier molecular flexibility index (Phi) is 14.0. The molecule has 0 spiro atoms. The third-order valence-corrected chi connectivity index (χ3v) is 6.00. The molecule has 0 nitrogen and oxygen atoms in total. The van der Waals surface area contributed by atoms with Crippen LogP contribution in [0.25, 0.3) is 0 Å². The molecule has 1 aromatic heterocycles. The molecule has 0 radical (unpaired) electrons. The summed E-state index contributed by atoms with van der Waals surface area (Å²) in [6, 6.07) is 2.23. The average Bonchev–Trinajstić information content (AvgIpc) is 3.20. The number of allylic oxidation sites excluding steroid dienone is 8. The molecule has 0 unspecified atom stereocenters. The van der Waals surface area contributed by atoms with Crippen molar-refractivity contribution in [3.63, 3.8) is 0 Å². The normalized spacial score (nSPS) is 13.6. The van der Waals surface area contributed by atoms with Crippen LogP contribution in [0.2, 0.25) is 0 Å². The van der Waals surface area contributed by atoms with Crippen LogP contribution in [0.4, 0.5) is 0 Å². The fraction of sp³-hybridized carbons (Fsp3) is 0.500. The second-order valence-corrected chi connectivity index (χ2v) is 8.97. The number of hydrogen-bond acceptors (Lipinski definition) is 1.